The second-order valence-corrected chi connectivity index (χ2v) is 14.1. The number of likely N-dealkylation sites (N-methyl/N-ethyl adjacent to an activating group) is 1. The molecule has 2 aliphatic rings. The summed E-state index contributed by atoms with van der Waals surface area (Å²) in [4.78, 5) is 18.1. The number of ether oxygens (including phenoxy) is 2. The molecule has 8 nitrogen and oxygen atoms in total. The first kappa shape index (κ1) is 32.9. The molecule has 5 rings (SSSR count). The van der Waals surface area contributed by atoms with Crippen molar-refractivity contribution in [2.45, 2.75) is 50.1 Å². The van der Waals surface area contributed by atoms with E-state index in [1.54, 1.807) is 12.1 Å². The van der Waals surface area contributed by atoms with Crippen LogP contribution in [0.15, 0.2) is 77.2 Å². The largest absolute Gasteiger partial charge is 0.381 e. The molecule has 1 saturated heterocycles. The zero-order valence-corrected chi connectivity index (χ0v) is 27.4. The first-order chi connectivity index (χ1) is 21.7. The van der Waals surface area contributed by atoms with Gasteiger partial charge in [-0.25, -0.2) is 8.42 Å². The highest BCUT2D eigenvalue weighted by Gasteiger charge is 2.25. The van der Waals surface area contributed by atoms with Crippen molar-refractivity contribution in [2.75, 3.05) is 63.0 Å². The number of rotatable bonds is 12. The second kappa shape index (κ2) is 15.2. The van der Waals surface area contributed by atoms with Crippen molar-refractivity contribution < 1.29 is 22.7 Å². The van der Waals surface area contributed by atoms with Gasteiger partial charge in [0.25, 0.3) is 5.91 Å². The lowest BCUT2D eigenvalue weighted by atomic mass is 10.0. The van der Waals surface area contributed by atoms with Crippen molar-refractivity contribution >= 4 is 33.2 Å². The lowest BCUT2D eigenvalue weighted by molar-refractivity contribution is -0.112. The minimum absolute atomic E-state index is 0.112. The van der Waals surface area contributed by atoms with Crippen LogP contribution >= 0.6 is 0 Å². The minimum atomic E-state index is -3.54. The van der Waals surface area contributed by atoms with Crippen molar-refractivity contribution in [2.24, 2.45) is 0 Å². The van der Waals surface area contributed by atoms with Gasteiger partial charge in [-0.15, -0.1) is 0 Å². The summed E-state index contributed by atoms with van der Waals surface area (Å²) in [6.07, 6.45) is 4.97. The van der Waals surface area contributed by atoms with Crippen molar-refractivity contribution in [3.8, 4) is 11.1 Å². The Bertz CT molecular complexity index is 1580. The van der Waals surface area contributed by atoms with Crippen molar-refractivity contribution in [3.05, 3.63) is 83.4 Å². The average molecular weight is 632 g/mol. The van der Waals surface area contributed by atoms with Crippen LogP contribution in [0.1, 0.15) is 43.7 Å². The first-order valence-corrected chi connectivity index (χ1v) is 17.5. The molecule has 1 N–H and O–H groups in total. The summed E-state index contributed by atoms with van der Waals surface area (Å²) in [7, 11) is 0.641. The summed E-state index contributed by atoms with van der Waals surface area (Å²) in [5.41, 5.74) is 5.78. The molecule has 3 aromatic carbocycles. The number of carbonyl (C=O) groups excluding carboxylic acids is 1. The molecule has 0 aliphatic carbocycles. The maximum absolute atomic E-state index is 13.4. The summed E-state index contributed by atoms with van der Waals surface area (Å²) < 4.78 is 37.4. The SMILES string of the molecule is CCCOCCN(C)c1ccc(-c2ccc3c(c2)C=C(C(=O)Nc2ccc(CN(C)C4CCOCC4)cc2)CCS3(=O)=O)cc1. The third-order valence-corrected chi connectivity index (χ3v) is 10.4. The Kier molecular flexibility index (Phi) is 11.1. The molecule has 3 aromatic rings. The highest BCUT2D eigenvalue weighted by Crippen LogP contribution is 2.32. The number of anilines is 2. The Hall–Kier alpha value is -3.50. The number of benzene rings is 3. The molecule has 45 heavy (non-hydrogen) atoms. The van der Waals surface area contributed by atoms with Crippen LogP contribution in [-0.4, -0.2) is 78.1 Å². The van der Waals surface area contributed by atoms with Gasteiger partial charge in [0.05, 0.1) is 17.3 Å². The normalized spacial score (nSPS) is 16.5. The van der Waals surface area contributed by atoms with Crippen LogP contribution in [0.5, 0.6) is 0 Å². The predicted molar refractivity (Wildman–Crippen MR) is 181 cm³/mol. The van der Waals surface area contributed by atoms with Crippen LogP contribution in [0.4, 0.5) is 11.4 Å². The van der Waals surface area contributed by atoms with Crippen LogP contribution in [0.3, 0.4) is 0 Å². The smallest absolute Gasteiger partial charge is 0.251 e. The Morgan fingerprint density at radius 1 is 0.956 bits per heavy atom. The topological polar surface area (TPSA) is 88.2 Å². The van der Waals surface area contributed by atoms with Crippen LogP contribution in [0.2, 0.25) is 0 Å². The molecule has 0 aromatic heterocycles. The van der Waals surface area contributed by atoms with E-state index >= 15 is 0 Å². The highest BCUT2D eigenvalue weighted by molar-refractivity contribution is 7.91. The van der Waals surface area contributed by atoms with Gasteiger partial charge < -0.3 is 19.7 Å². The molecule has 2 heterocycles. The van der Waals surface area contributed by atoms with E-state index in [4.69, 9.17) is 9.47 Å². The Morgan fingerprint density at radius 3 is 2.38 bits per heavy atom. The molecule has 1 amide bonds. The zero-order valence-electron chi connectivity index (χ0n) is 26.6. The van der Waals surface area contributed by atoms with E-state index in [0.717, 1.165) is 69.0 Å². The van der Waals surface area contributed by atoms with E-state index < -0.39 is 9.84 Å². The summed E-state index contributed by atoms with van der Waals surface area (Å²) >= 11 is 0. The van der Waals surface area contributed by atoms with E-state index in [-0.39, 0.29) is 23.0 Å². The van der Waals surface area contributed by atoms with E-state index in [1.165, 1.54) is 5.56 Å². The van der Waals surface area contributed by atoms with Gasteiger partial charge in [0.1, 0.15) is 0 Å². The van der Waals surface area contributed by atoms with Gasteiger partial charge in [-0.05, 0) is 97.5 Å². The maximum Gasteiger partial charge on any atom is 0.251 e. The van der Waals surface area contributed by atoms with Crippen molar-refractivity contribution in [3.63, 3.8) is 0 Å². The van der Waals surface area contributed by atoms with Gasteiger partial charge in [-0.1, -0.05) is 37.3 Å². The number of hydrogen-bond acceptors (Lipinski definition) is 7. The second-order valence-electron chi connectivity index (χ2n) is 12.0. The molecule has 9 heteroatoms. The van der Waals surface area contributed by atoms with Gasteiger partial charge in [0.2, 0.25) is 0 Å². The summed E-state index contributed by atoms with van der Waals surface area (Å²) in [6.45, 7) is 6.78. The zero-order chi connectivity index (χ0) is 31.8. The molecule has 1 fully saturated rings. The van der Waals surface area contributed by atoms with Gasteiger partial charge in [-0.3, -0.25) is 9.69 Å². The van der Waals surface area contributed by atoms with Crippen LogP contribution in [0, 0.1) is 0 Å². The molecule has 0 radical (unpaired) electrons. The van der Waals surface area contributed by atoms with E-state index in [9.17, 15) is 13.2 Å². The Labute approximate surface area is 267 Å². The molecular formula is C36H45N3O5S. The fourth-order valence-electron chi connectivity index (χ4n) is 5.85. The summed E-state index contributed by atoms with van der Waals surface area (Å²) in [6, 6.07) is 21.9. The fraction of sp³-hybridized carbons (Fsp3) is 0.417. The Balaban J connectivity index is 1.28. The number of fused-ring (bicyclic) bond motifs is 1. The average Bonchev–Trinajstić information content (AvgIpc) is 3.19. The molecule has 0 bridgehead atoms. The first-order valence-electron chi connectivity index (χ1n) is 15.9. The van der Waals surface area contributed by atoms with Gasteiger partial charge in [0, 0.05) is 62.9 Å². The maximum atomic E-state index is 13.4. The Morgan fingerprint density at radius 2 is 1.67 bits per heavy atom. The van der Waals surface area contributed by atoms with Crippen molar-refractivity contribution in [1.82, 2.24) is 4.90 Å². The molecule has 240 valence electrons. The monoisotopic (exact) mass is 631 g/mol. The van der Waals surface area contributed by atoms with E-state index in [0.29, 0.717) is 29.5 Å². The number of sulfone groups is 1. The standard InChI is InChI=1S/C36H45N3O5S/c1-4-19-43-22-18-38(2)33-12-7-28(8-13-33)29-9-14-35-31(24-29)25-30(17-23-45(35,41)42)36(40)37-32-10-5-27(6-11-32)26-39(3)34-15-20-44-21-16-34/h5-14,24-25,34H,4,15-23,26H2,1-3H3,(H,37,40). The van der Waals surface area contributed by atoms with Crippen LogP contribution in [-0.2, 0) is 30.7 Å². The van der Waals surface area contributed by atoms with Gasteiger partial charge in [0.15, 0.2) is 9.84 Å². The number of carbonyl (C=O) groups is 1. The lowest BCUT2D eigenvalue weighted by Gasteiger charge is -2.31. The third-order valence-electron chi connectivity index (χ3n) is 8.63. The highest BCUT2D eigenvalue weighted by atomic mass is 32.2. The quantitative estimate of drug-likeness (QED) is 0.245. The molecule has 0 saturated carbocycles. The predicted octanol–water partition coefficient (Wildman–Crippen LogP) is 6.03. The molecule has 0 unspecified atom stereocenters. The molecule has 0 spiro atoms. The van der Waals surface area contributed by atoms with Crippen LogP contribution < -0.4 is 10.2 Å². The summed E-state index contributed by atoms with van der Waals surface area (Å²) in [5, 5.41) is 2.98. The van der Waals surface area contributed by atoms with E-state index in [2.05, 4.69) is 41.2 Å². The molecule has 0 atom stereocenters. The minimum Gasteiger partial charge on any atom is -0.381 e. The number of hydrogen-bond donors (Lipinski definition) is 1. The van der Waals surface area contributed by atoms with Gasteiger partial charge >= 0.3 is 0 Å². The third kappa shape index (κ3) is 8.61. The molecular weight excluding hydrogens is 586 g/mol. The molecule has 2 aliphatic heterocycles. The van der Waals surface area contributed by atoms with Gasteiger partial charge in [-0.2, -0.15) is 0 Å². The summed E-state index contributed by atoms with van der Waals surface area (Å²) in [5.74, 6) is -0.398. The van der Waals surface area contributed by atoms with Crippen molar-refractivity contribution in [1.29, 1.82) is 0 Å². The number of nitrogens with zero attached hydrogens (tertiary/aromatic N) is 2. The lowest BCUT2D eigenvalue weighted by Crippen LogP contribution is -2.36. The number of amides is 1. The van der Waals surface area contributed by atoms with E-state index in [1.807, 2.05) is 55.6 Å². The fourth-order valence-corrected chi connectivity index (χ4v) is 7.31. The number of nitrogens with one attached hydrogen (secondary N) is 1. The van der Waals surface area contributed by atoms with Crippen LogP contribution in [0.25, 0.3) is 17.2 Å².